The van der Waals surface area contributed by atoms with Crippen LogP contribution in [0.4, 0.5) is 15.9 Å². The molecule has 0 bridgehead atoms. The molecule has 2 aromatic carbocycles. The van der Waals surface area contributed by atoms with Crippen LogP contribution in [0.25, 0.3) is 10.8 Å². The van der Waals surface area contributed by atoms with Gasteiger partial charge in [0.1, 0.15) is 19.1 Å². The van der Waals surface area contributed by atoms with Crippen LogP contribution >= 0.6 is 11.6 Å². The lowest BCUT2D eigenvalue weighted by Crippen LogP contribution is -2.55. The summed E-state index contributed by atoms with van der Waals surface area (Å²) in [6.45, 7) is 3.18. The van der Waals surface area contributed by atoms with Gasteiger partial charge in [-0.2, -0.15) is 15.2 Å². The Hall–Kier alpha value is -3.98. The second-order valence-corrected chi connectivity index (χ2v) is 12.5. The highest BCUT2D eigenvalue weighted by molar-refractivity contribution is 6.36. The summed E-state index contributed by atoms with van der Waals surface area (Å²) in [5.74, 6) is 0.491. The molecule has 12 heteroatoms. The fraction of sp³-hybridized carbons (Fsp3) is 0.471. The van der Waals surface area contributed by atoms with E-state index in [2.05, 4.69) is 46.0 Å². The average molecular weight is 648 g/mol. The number of ether oxygens (including phenoxy) is 2. The van der Waals surface area contributed by atoms with Gasteiger partial charge >= 0.3 is 6.01 Å². The van der Waals surface area contributed by atoms with Crippen LogP contribution in [0, 0.1) is 11.3 Å². The van der Waals surface area contributed by atoms with E-state index in [1.165, 1.54) is 12.2 Å². The van der Waals surface area contributed by atoms with E-state index in [4.69, 9.17) is 31.0 Å². The Morgan fingerprint density at radius 3 is 2.72 bits per heavy atom. The molecule has 0 aliphatic carbocycles. The molecule has 1 aromatic heterocycles. The zero-order valence-electron chi connectivity index (χ0n) is 26.2. The van der Waals surface area contributed by atoms with E-state index in [1.807, 2.05) is 18.2 Å². The highest BCUT2D eigenvalue weighted by Crippen LogP contribution is 2.37. The zero-order valence-corrected chi connectivity index (χ0v) is 27.0. The highest BCUT2D eigenvalue weighted by atomic mass is 35.5. The van der Waals surface area contributed by atoms with Crippen LogP contribution in [-0.2, 0) is 22.5 Å². The van der Waals surface area contributed by atoms with Crippen LogP contribution in [0.15, 0.2) is 48.6 Å². The first-order chi connectivity index (χ1) is 22.4. The molecule has 6 rings (SSSR count). The van der Waals surface area contributed by atoms with Crippen molar-refractivity contribution in [2.24, 2.45) is 0 Å². The van der Waals surface area contributed by atoms with Gasteiger partial charge in [-0.15, -0.1) is 0 Å². The Morgan fingerprint density at radius 1 is 1.13 bits per heavy atom. The Bertz CT molecular complexity index is 1640. The largest absolute Gasteiger partial charge is 0.462 e. The Kier molecular flexibility index (Phi) is 9.87. The SMILES string of the molecule is CO[C@@H]1C[C@@H](COc2nc3c(c(N4CCN(C(=O)/C=C/CF)[C@@H](CC#N)C4)n2)CCN(c2cccc4cccc(Cl)c24)C3)N(C)C1. The van der Waals surface area contributed by atoms with Crippen molar-refractivity contribution in [1.29, 1.82) is 5.26 Å². The molecule has 2 fully saturated rings. The summed E-state index contributed by atoms with van der Waals surface area (Å²) >= 11 is 6.71. The maximum Gasteiger partial charge on any atom is 0.318 e. The zero-order chi connectivity index (χ0) is 32.2. The highest BCUT2D eigenvalue weighted by Gasteiger charge is 2.34. The Labute approximate surface area is 273 Å². The minimum Gasteiger partial charge on any atom is -0.462 e. The summed E-state index contributed by atoms with van der Waals surface area (Å²) in [6, 6.07) is 14.5. The number of methoxy groups -OCH3 is 1. The van der Waals surface area contributed by atoms with Crippen LogP contribution in [0.5, 0.6) is 6.01 Å². The number of benzene rings is 2. The van der Waals surface area contributed by atoms with Gasteiger partial charge in [0.25, 0.3) is 0 Å². The van der Waals surface area contributed by atoms with Gasteiger partial charge in [-0.1, -0.05) is 35.9 Å². The molecule has 2 saturated heterocycles. The lowest BCUT2D eigenvalue weighted by molar-refractivity contribution is -0.128. The first kappa shape index (κ1) is 32.0. The number of allylic oxidation sites excluding steroid dienone is 1. The van der Waals surface area contributed by atoms with Crippen LogP contribution < -0.4 is 14.5 Å². The molecule has 3 aromatic rings. The molecule has 4 heterocycles. The third-order valence-electron chi connectivity index (χ3n) is 9.33. The minimum absolute atomic E-state index is 0.159. The van der Waals surface area contributed by atoms with Gasteiger partial charge < -0.3 is 24.2 Å². The number of nitrogens with zero attached hydrogens (tertiary/aromatic N) is 7. The van der Waals surface area contributed by atoms with E-state index in [9.17, 15) is 14.4 Å². The van der Waals surface area contributed by atoms with E-state index >= 15 is 0 Å². The Morgan fingerprint density at radius 2 is 1.96 bits per heavy atom. The predicted octanol–water partition coefficient (Wildman–Crippen LogP) is 4.40. The number of piperazine rings is 1. The number of nitriles is 1. The van der Waals surface area contributed by atoms with E-state index in [-0.39, 0.29) is 30.5 Å². The van der Waals surface area contributed by atoms with Gasteiger partial charge in [0.15, 0.2) is 0 Å². The molecule has 0 unspecified atom stereocenters. The fourth-order valence-corrected chi connectivity index (χ4v) is 7.16. The molecule has 46 heavy (non-hydrogen) atoms. The minimum atomic E-state index is -0.713. The first-order valence-electron chi connectivity index (χ1n) is 15.7. The molecule has 3 aliphatic heterocycles. The number of likely N-dealkylation sites (N-methyl/N-ethyl adjacent to an activating group) is 1. The molecular weight excluding hydrogens is 609 g/mol. The number of amides is 1. The lowest BCUT2D eigenvalue weighted by atomic mass is 10.0. The number of alkyl halides is 1. The molecule has 0 saturated carbocycles. The van der Waals surface area contributed by atoms with Crippen molar-refractivity contribution in [2.75, 3.05) is 70.0 Å². The fourth-order valence-electron chi connectivity index (χ4n) is 6.88. The number of fused-ring (bicyclic) bond motifs is 2. The second kappa shape index (κ2) is 14.2. The maximum absolute atomic E-state index is 12.8. The van der Waals surface area contributed by atoms with Crippen molar-refractivity contribution < 1.29 is 18.7 Å². The molecular formula is C34H39ClFN7O3. The standard InChI is InChI=1S/C34H39ClFN7O3/c1-40-20-26(45-2)18-25(40)22-46-34-38-29-21-41(30-9-4-7-23-6-3-8-28(35)32(23)30)15-12-27(29)33(39-34)42-16-17-43(24(19-42)11-14-37)31(44)10-5-13-36/h3-10,24-26H,11-13,15-22H2,1-2H3/b10-5+/t24-,25-,26+/m0/s1. The summed E-state index contributed by atoms with van der Waals surface area (Å²) < 4.78 is 24.6. The summed E-state index contributed by atoms with van der Waals surface area (Å²) in [7, 11) is 3.80. The van der Waals surface area contributed by atoms with Gasteiger partial charge in [0, 0.05) is 68.6 Å². The topological polar surface area (TPSA) is 98.1 Å². The van der Waals surface area contributed by atoms with Gasteiger partial charge in [0.05, 0.1) is 41.9 Å². The normalized spacial score (nSPS) is 22.0. The van der Waals surface area contributed by atoms with Crippen molar-refractivity contribution in [1.82, 2.24) is 19.8 Å². The molecule has 0 N–H and O–H groups in total. The van der Waals surface area contributed by atoms with Gasteiger partial charge in [-0.25, -0.2) is 4.39 Å². The Balaban J connectivity index is 1.32. The molecule has 3 atom stereocenters. The van der Waals surface area contributed by atoms with Crippen molar-refractivity contribution >= 4 is 39.8 Å². The van der Waals surface area contributed by atoms with Crippen molar-refractivity contribution in [2.45, 2.75) is 44.0 Å². The number of hydrogen-bond acceptors (Lipinski definition) is 9. The quantitative estimate of drug-likeness (QED) is 0.313. The first-order valence-corrected chi connectivity index (χ1v) is 16.1. The lowest BCUT2D eigenvalue weighted by Gasteiger charge is -2.42. The second-order valence-electron chi connectivity index (χ2n) is 12.1. The summed E-state index contributed by atoms with van der Waals surface area (Å²) in [5.41, 5.74) is 2.98. The number of rotatable bonds is 9. The average Bonchev–Trinajstić information content (AvgIpc) is 3.44. The van der Waals surface area contributed by atoms with Gasteiger partial charge in [-0.3, -0.25) is 9.69 Å². The van der Waals surface area contributed by atoms with Crippen LogP contribution in [0.2, 0.25) is 5.02 Å². The smallest absolute Gasteiger partial charge is 0.318 e. The number of hydrogen-bond donors (Lipinski definition) is 0. The number of halogens is 2. The molecule has 0 radical (unpaired) electrons. The molecule has 242 valence electrons. The van der Waals surface area contributed by atoms with Crippen molar-refractivity contribution in [3.63, 3.8) is 0 Å². The third-order valence-corrected chi connectivity index (χ3v) is 9.64. The van der Waals surface area contributed by atoms with E-state index < -0.39 is 6.67 Å². The molecule has 1 amide bonds. The van der Waals surface area contributed by atoms with Gasteiger partial charge in [-0.05, 0) is 43.5 Å². The predicted molar refractivity (Wildman–Crippen MR) is 176 cm³/mol. The van der Waals surface area contributed by atoms with Crippen LogP contribution in [0.3, 0.4) is 0 Å². The summed E-state index contributed by atoms with van der Waals surface area (Å²) in [6.07, 6.45) is 4.34. The van der Waals surface area contributed by atoms with Crippen LogP contribution in [0.1, 0.15) is 24.1 Å². The number of anilines is 2. The van der Waals surface area contributed by atoms with E-state index in [0.717, 1.165) is 53.0 Å². The number of likely N-dealkylation sites (tertiary alicyclic amines) is 1. The van der Waals surface area contributed by atoms with E-state index in [0.29, 0.717) is 50.2 Å². The molecule has 0 spiro atoms. The summed E-state index contributed by atoms with van der Waals surface area (Å²) in [4.78, 5) is 31.1. The maximum atomic E-state index is 12.8. The van der Waals surface area contributed by atoms with Gasteiger partial charge in [0.2, 0.25) is 5.91 Å². The molecule has 3 aliphatic rings. The van der Waals surface area contributed by atoms with E-state index in [1.54, 1.807) is 12.0 Å². The van der Waals surface area contributed by atoms with Crippen molar-refractivity contribution in [3.8, 4) is 12.1 Å². The third kappa shape index (κ3) is 6.61. The van der Waals surface area contributed by atoms with Crippen LogP contribution in [-0.4, -0.2) is 104 Å². The number of aromatic nitrogens is 2. The number of carbonyl (C=O) groups is 1. The van der Waals surface area contributed by atoms with Crippen molar-refractivity contribution in [3.05, 3.63) is 64.8 Å². The number of carbonyl (C=O) groups excluding carboxylic acids is 1. The molecule has 10 nitrogen and oxygen atoms in total. The summed E-state index contributed by atoms with van der Waals surface area (Å²) in [5, 5.41) is 12.4. The monoisotopic (exact) mass is 647 g/mol.